The Hall–Kier alpha value is -0.440. The number of hydrogen-bond donors (Lipinski definition) is 0. The SMILES string of the molecule is C#CCCCCCCCCCCCCCCCCCCCCCCCCCCCCCCC. The molecule has 0 radical (unpaired) electrons. The van der Waals surface area contributed by atoms with Gasteiger partial charge in [0.05, 0.1) is 0 Å². The molecule has 0 aromatic rings. The predicted molar refractivity (Wildman–Crippen MR) is 153 cm³/mol. The summed E-state index contributed by atoms with van der Waals surface area (Å²) in [5.41, 5.74) is 0. The second kappa shape index (κ2) is 31.6. The van der Waals surface area contributed by atoms with Crippen LogP contribution < -0.4 is 0 Å². The van der Waals surface area contributed by atoms with E-state index in [4.69, 9.17) is 6.42 Å². The van der Waals surface area contributed by atoms with Crippen molar-refractivity contribution in [3.05, 3.63) is 0 Å². The number of unbranched alkanes of at least 4 members (excludes halogenated alkanes) is 29. The highest BCUT2D eigenvalue weighted by molar-refractivity contribution is 4.82. The average molecular weight is 461 g/mol. The van der Waals surface area contributed by atoms with Crippen molar-refractivity contribution in [2.75, 3.05) is 0 Å². The summed E-state index contributed by atoms with van der Waals surface area (Å²) in [5.74, 6) is 2.74. The van der Waals surface area contributed by atoms with Gasteiger partial charge in [-0.25, -0.2) is 0 Å². The first kappa shape index (κ1) is 32.6. The van der Waals surface area contributed by atoms with Gasteiger partial charge in [-0.2, -0.15) is 0 Å². The summed E-state index contributed by atoms with van der Waals surface area (Å²) in [4.78, 5) is 0. The minimum Gasteiger partial charge on any atom is -0.120 e. The van der Waals surface area contributed by atoms with Crippen LogP contribution in [0.3, 0.4) is 0 Å². The smallest absolute Gasteiger partial charge is 0.00860 e. The summed E-state index contributed by atoms with van der Waals surface area (Å²) in [7, 11) is 0. The van der Waals surface area contributed by atoms with E-state index < -0.39 is 0 Å². The van der Waals surface area contributed by atoms with Crippen LogP contribution in [0.1, 0.15) is 200 Å². The molecule has 0 fully saturated rings. The molecule has 0 bridgehead atoms. The Bertz CT molecular complexity index is 363. The van der Waals surface area contributed by atoms with Gasteiger partial charge in [0.15, 0.2) is 0 Å². The Labute approximate surface area is 211 Å². The third-order valence-electron chi connectivity index (χ3n) is 7.42. The topological polar surface area (TPSA) is 0 Å². The van der Waals surface area contributed by atoms with Crippen LogP contribution in [0.25, 0.3) is 0 Å². The largest absolute Gasteiger partial charge is 0.120 e. The van der Waals surface area contributed by atoms with Gasteiger partial charge in [-0.05, 0) is 6.42 Å². The standard InChI is InChI=1S/C33H64/c1-3-5-7-9-11-13-15-17-19-21-23-25-27-29-31-33-32-30-28-26-24-22-20-18-16-14-12-10-8-6-4-2/h1H,4-33H2,2H3. The van der Waals surface area contributed by atoms with E-state index in [-0.39, 0.29) is 0 Å². The maximum Gasteiger partial charge on any atom is 0.00860 e. The average Bonchev–Trinajstić information content (AvgIpc) is 2.83. The summed E-state index contributed by atoms with van der Waals surface area (Å²) in [6, 6.07) is 0. The molecule has 0 rings (SSSR count). The lowest BCUT2D eigenvalue weighted by atomic mass is 10.0. The Morgan fingerprint density at radius 1 is 0.303 bits per heavy atom. The summed E-state index contributed by atoms with van der Waals surface area (Å²) in [6.45, 7) is 2.30. The number of hydrogen-bond acceptors (Lipinski definition) is 0. The molecule has 0 unspecified atom stereocenters. The van der Waals surface area contributed by atoms with Gasteiger partial charge in [0.2, 0.25) is 0 Å². The zero-order chi connectivity index (χ0) is 23.9. The van der Waals surface area contributed by atoms with Gasteiger partial charge in [-0.3, -0.25) is 0 Å². The molecule has 0 spiro atoms. The minimum atomic E-state index is 0.972. The Balaban J connectivity index is 3.00. The quantitative estimate of drug-likeness (QED) is 0.0768. The van der Waals surface area contributed by atoms with Crippen molar-refractivity contribution in [2.45, 2.75) is 200 Å². The van der Waals surface area contributed by atoms with Crippen LogP contribution in [-0.4, -0.2) is 0 Å². The highest BCUT2D eigenvalue weighted by Crippen LogP contribution is 2.16. The van der Waals surface area contributed by atoms with Gasteiger partial charge in [0.1, 0.15) is 0 Å². The molecule has 196 valence electrons. The molecular weight excluding hydrogens is 396 g/mol. The van der Waals surface area contributed by atoms with Crippen LogP contribution in [-0.2, 0) is 0 Å². The highest BCUT2D eigenvalue weighted by Gasteiger charge is 1.96. The minimum absolute atomic E-state index is 0.972. The molecular formula is C33H64. The Kier molecular flexibility index (Phi) is 31.1. The van der Waals surface area contributed by atoms with Crippen molar-refractivity contribution in [3.8, 4) is 12.3 Å². The lowest BCUT2D eigenvalue weighted by Crippen LogP contribution is -1.85. The highest BCUT2D eigenvalue weighted by atomic mass is 14.0. The van der Waals surface area contributed by atoms with E-state index >= 15 is 0 Å². The van der Waals surface area contributed by atoms with Gasteiger partial charge in [-0.1, -0.05) is 187 Å². The molecule has 0 nitrogen and oxygen atoms in total. The number of terminal acetylenes is 1. The fourth-order valence-corrected chi connectivity index (χ4v) is 5.07. The van der Waals surface area contributed by atoms with Crippen molar-refractivity contribution >= 4 is 0 Å². The molecule has 33 heavy (non-hydrogen) atoms. The first-order valence-electron chi connectivity index (χ1n) is 15.8. The van der Waals surface area contributed by atoms with Crippen LogP contribution in [0.15, 0.2) is 0 Å². The third kappa shape index (κ3) is 31.6. The number of rotatable bonds is 29. The molecule has 0 heterocycles. The van der Waals surface area contributed by atoms with Gasteiger partial charge in [0, 0.05) is 6.42 Å². The third-order valence-corrected chi connectivity index (χ3v) is 7.42. The summed E-state index contributed by atoms with van der Waals surface area (Å²) >= 11 is 0. The van der Waals surface area contributed by atoms with E-state index in [1.807, 2.05) is 0 Å². The second-order valence-corrected chi connectivity index (χ2v) is 10.9. The van der Waals surface area contributed by atoms with Crippen molar-refractivity contribution in [3.63, 3.8) is 0 Å². The molecule has 0 aliphatic carbocycles. The molecule has 0 aliphatic heterocycles. The Morgan fingerprint density at radius 2 is 0.485 bits per heavy atom. The van der Waals surface area contributed by atoms with Crippen LogP contribution in [0.5, 0.6) is 0 Å². The monoisotopic (exact) mass is 461 g/mol. The van der Waals surface area contributed by atoms with Gasteiger partial charge >= 0.3 is 0 Å². The molecule has 0 saturated carbocycles. The van der Waals surface area contributed by atoms with Crippen molar-refractivity contribution < 1.29 is 0 Å². The van der Waals surface area contributed by atoms with E-state index in [2.05, 4.69) is 12.8 Å². The predicted octanol–water partition coefficient (Wildman–Crippen LogP) is 12.3. The fourth-order valence-electron chi connectivity index (χ4n) is 5.07. The Morgan fingerprint density at radius 3 is 0.667 bits per heavy atom. The van der Waals surface area contributed by atoms with Crippen molar-refractivity contribution in [2.24, 2.45) is 0 Å². The van der Waals surface area contributed by atoms with Crippen LogP contribution in [0.4, 0.5) is 0 Å². The van der Waals surface area contributed by atoms with E-state index in [1.165, 1.54) is 186 Å². The molecule has 0 amide bonds. The molecule has 0 N–H and O–H groups in total. The summed E-state index contributed by atoms with van der Waals surface area (Å²) in [6.07, 6.45) is 48.5. The van der Waals surface area contributed by atoms with Gasteiger partial charge in [-0.15, -0.1) is 12.3 Å². The fraction of sp³-hybridized carbons (Fsp3) is 0.939. The van der Waals surface area contributed by atoms with Crippen LogP contribution in [0.2, 0.25) is 0 Å². The molecule has 0 aliphatic rings. The summed E-state index contributed by atoms with van der Waals surface area (Å²) in [5, 5.41) is 0. The van der Waals surface area contributed by atoms with E-state index in [1.54, 1.807) is 0 Å². The van der Waals surface area contributed by atoms with E-state index in [0.717, 1.165) is 6.42 Å². The normalized spacial score (nSPS) is 11.2. The van der Waals surface area contributed by atoms with Crippen LogP contribution in [0, 0.1) is 12.3 Å². The molecule has 0 heteroatoms. The maximum absolute atomic E-state index is 5.29. The second-order valence-electron chi connectivity index (χ2n) is 10.9. The lowest BCUT2D eigenvalue weighted by molar-refractivity contribution is 0.513. The van der Waals surface area contributed by atoms with Crippen molar-refractivity contribution in [1.29, 1.82) is 0 Å². The molecule has 0 atom stereocenters. The van der Waals surface area contributed by atoms with Crippen molar-refractivity contribution in [1.82, 2.24) is 0 Å². The first-order chi connectivity index (χ1) is 16.4. The van der Waals surface area contributed by atoms with Gasteiger partial charge in [0.25, 0.3) is 0 Å². The zero-order valence-corrected chi connectivity index (χ0v) is 23.3. The molecule has 0 saturated heterocycles. The lowest BCUT2D eigenvalue weighted by Gasteiger charge is -2.04. The zero-order valence-electron chi connectivity index (χ0n) is 23.3. The van der Waals surface area contributed by atoms with Gasteiger partial charge < -0.3 is 0 Å². The van der Waals surface area contributed by atoms with E-state index in [0.29, 0.717) is 0 Å². The first-order valence-corrected chi connectivity index (χ1v) is 15.8. The summed E-state index contributed by atoms with van der Waals surface area (Å²) < 4.78 is 0. The van der Waals surface area contributed by atoms with Crippen LogP contribution >= 0.6 is 0 Å². The molecule has 0 aromatic carbocycles. The van der Waals surface area contributed by atoms with E-state index in [9.17, 15) is 0 Å². The maximum atomic E-state index is 5.29. The molecule has 0 aromatic heterocycles.